The molecule has 8 nitrogen and oxygen atoms in total. The molecule has 35 heavy (non-hydrogen) atoms. The second-order valence-corrected chi connectivity index (χ2v) is 9.27. The minimum atomic E-state index is -0.690. The van der Waals surface area contributed by atoms with Crippen LogP contribution >= 0.6 is 0 Å². The molecule has 2 aromatic carbocycles. The summed E-state index contributed by atoms with van der Waals surface area (Å²) in [5, 5.41) is 7.27. The van der Waals surface area contributed by atoms with Gasteiger partial charge in [0.1, 0.15) is 5.66 Å². The molecule has 1 aromatic heterocycles. The zero-order valence-corrected chi connectivity index (χ0v) is 19.8. The van der Waals surface area contributed by atoms with Crippen LogP contribution in [-0.2, 0) is 22.7 Å². The van der Waals surface area contributed by atoms with Crippen LogP contribution in [0.4, 0.5) is 5.69 Å². The lowest BCUT2D eigenvalue weighted by atomic mass is 9.98. The highest BCUT2D eigenvalue weighted by molar-refractivity contribution is 6.10. The number of nitrogens with one attached hydrogen (secondary N) is 1. The lowest BCUT2D eigenvalue weighted by Gasteiger charge is -2.48. The van der Waals surface area contributed by atoms with Crippen LogP contribution in [0.1, 0.15) is 54.1 Å². The van der Waals surface area contributed by atoms with Gasteiger partial charge in [0.2, 0.25) is 11.8 Å². The summed E-state index contributed by atoms with van der Waals surface area (Å²) in [5.41, 5.74) is 2.69. The molecule has 2 aliphatic rings. The van der Waals surface area contributed by atoms with E-state index in [-0.39, 0.29) is 17.7 Å². The molecule has 0 aliphatic carbocycles. The summed E-state index contributed by atoms with van der Waals surface area (Å²) >= 11 is 0. The first-order valence-electron chi connectivity index (χ1n) is 12.0. The van der Waals surface area contributed by atoms with Crippen molar-refractivity contribution in [2.45, 2.75) is 51.4 Å². The van der Waals surface area contributed by atoms with Crippen molar-refractivity contribution in [3.63, 3.8) is 0 Å². The smallest absolute Gasteiger partial charge is 0.257 e. The normalized spacial score (nSPS) is 19.0. The van der Waals surface area contributed by atoms with Crippen LogP contribution in [0.2, 0.25) is 0 Å². The lowest BCUT2D eigenvalue weighted by Crippen LogP contribution is -2.62. The van der Waals surface area contributed by atoms with Gasteiger partial charge in [-0.1, -0.05) is 36.4 Å². The van der Waals surface area contributed by atoms with Crippen LogP contribution in [0, 0.1) is 0 Å². The highest BCUT2D eigenvalue weighted by Gasteiger charge is 2.52. The fraction of sp³-hybridized carbons (Fsp3) is 0.333. The molecule has 0 spiro atoms. The Balaban J connectivity index is 1.20. The van der Waals surface area contributed by atoms with Gasteiger partial charge in [-0.25, -0.2) is 0 Å². The largest absolute Gasteiger partial charge is 0.352 e. The van der Waals surface area contributed by atoms with E-state index in [0.717, 1.165) is 11.1 Å². The summed E-state index contributed by atoms with van der Waals surface area (Å²) in [4.78, 5) is 42.1. The van der Waals surface area contributed by atoms with Gasteiger partial charge < -0.3 is 10.2 Å². The van der Waals surface area contributed by atoms with Gasteiger partial charge in [-0.05, 0) is 49.1 Å². The average Bonchev–Trinajstić information content (AvgIpc) is 3.48. The average molecular weight is 472 g/mol. The quantitative estimate of drug-likeness (QED) is 0.546. The van der Waals surface area contributed by atoms with E-state index in [1.807, 2.05) is 66.3 Å². The van der Waals surface area contributed by atoms with Gasteiger partial charge in [0, 0.05) is 38.3 Å². The molecule has 2 aliphatic heterocycles. The molecule has 1 N–H and O–H groups in total. The number of benzene rings is 2. The van der Waals surface area contributed by atoms with Crippen LogP contribution in [-0.4, -0.2) is 44.6 Å². The number of hydrogen-bond acceptors (Lipinski definition) is 4. The van der Waals surface area contributed by atoms with Crippen molar-refractivity contribution in [1.82, 2.24) is 20.0 Å². The number of carbonyl (C=O) groups excluding carboxylic acids is 3. The monoisotopic (exact) mass is 471 g/mol. The molecule has 5 rings (SSSR count). The Hall–Kier alpha value is -3.94. The number of carbonyl (C=O) groups is 3. The summed E-state index contributed by atoms with van der Waals surface area (Å²) in [6.45, 7) is 3.44. The van der Waals surface area contributed by atoms with Crippen molar-refractivity contribution in [1.29, 1.82) is 0 Å². The van der Waals surface area contributed by atoms with Gasteiger partial charge in [0.05, 0.1) is 17.8 Å². The summed E-state index contributed by atoms with van der Waals surface area (Å²) < 4.78 is 1.85. The van der Waals surface area contributed by atoms with Crippen LogP contribution < -0.4 is 10.2 Å². The molecule has 3 amide bonds. The first kappa shape index (κ1) is 22.8. The lowest BCUT2D eigenvalue weighted by molar-refractivity contribution is -0.121. The van der Waals surface area contributed by atoms with Crippen LogP contribution in [0.5, 0.6) is 0 Å². The maximum absolute atomic E-state index is 13.3. The number of fused-ring (bicyclic) bond motifs is 3. The highest BCUT2D eigenvalue weighted by atomic mass is 16.2. The van der Waals surface area contributed by atoms with E-state index in [2.05, 4.69) is 10.4 Å². The Labute approximate surface area is 204 Å². The Morgan fingerprint density at radius 1 is 1.06 bits per heavy atom. The zero-order chi connectivity index (χ0) is 24.4. The third-order valence-corrected chi connectivity index (χ3v) is 7.02. The minimum absolute atomic E-state index is 0.0315. The molecular weight excluding hydrogens is 442 g/mol. The van der Waals surface area contributed by atoms with E-state index in [0.29, 0.717) is 56.6 Å². The second kappa shape index (κ2) is 9.37. The van der Waals surface area contributed by atoms with E-state index < -0.39 is 5.66 Å². The third-order valence-electron chi connectivity index (χ3n) is 7.02. The first-order chi connectivity index (χ1) is 17.0. The Morgan fingerprint density at radius 2 is 1.83 bits per heavy atom. The maximum atomic E-state index is 13.3. The fourth-order valence-electron chi connectivity index (χ4n) is 5.17. The molecule has 1 atom stereocenters. The number of aromatic nitrogens is 2. The predicted octanol–water partition coefficient (Wildman–Crippen LogP) is 3.33. The molecule has 8 heteroatoms. The van der Waals surface area contributed by atoms with Gasteiger partial charge in [-0.3, -0.25) is 24.0 Å². The maximum Gasteiger partial charge on any atom is 0.257 e. The molecule has 0 radical (unpaired) electrons. The predicted molar refractivity (Wildman–Crippen MR) is 131 cm³/mol. The van der Waals surface area contributed by atoms with Crippen molar-refractivity contribution in [2.75, 3.05) is 11.4 Å². The van der Waals surface area contributed by atoms with E-state index in [4.69, 9.17) is 0 Å². The van der Waals surface area contributed by atoms with Gasteiger partial charge in [0.25, 0.3) is 5.91 Å². The number of amides is 3. The molecule has 3 aromatic rings. The second-order valence-electron chi connectivity index (χ2n) is 9.27. The molecular formula is C27H29N5O3. The van der Waals surface area contributed by atoms with Crippen LogP contribution in [0.15, 0.2) is 67.0 Å². The fourth-order valence-corrected chi connectivity index (χ4v) is 5.17. The summed E-state index contributed by atoms with van der Waals surface area (Å²) in [5.74, 6) is -0.112. The van der Waals surface area contributed by atoms with Crippen molar-refractivity contribution < 1.29 is 14.4 Å². The minimum Gasteiger partial charge on any atom is -0.352 e. The SMILES string of the molecule is CC12CCC(=O)N1c1ccccc1C(=O)N2CCCC(=O)NCc1ccccc1Cn1cccn1. The Bertz CT molecular complexity index is 1260. The molecule has 1 unspecified atom stereocenters. The first-order valence-corrected chi connectivity index (χ1v) is 12.0. The van der Waals surface area contributed by atoms with E-state index in [9.17, 15) is 14.4 Å². The van der Waals surface area contributed by atoms with Crippen molar-refractivity contribution >= 4 is 23.4 Å². The molecule has 0 saturated carbocycles. The molecule has 1 fully saturated rings. The van der Waals surface area contributed by atoms with Crippen molar-refractivity contribution in [3.8, 4) is 0 Å². The van der Waals surface area contributed by atoms with Gasteiger partial charge >= 0.3 is 0 Å². The van der Waals surface area contributed by atoms with Gasteiger partial charge in [-0.2, -0.15) is 5.10 Å². The number of hydrogen-bond donors (Lipinski definition) is 1. The van der Waals surface area contributed by atoms with Gasteiger partial charge in [0.15, 0.2) is 0 Å². The van der Waals surface area contributed by atoms with Crippen molar-refractivity contribution in [2.24, 2.45) is 0 Å². The number of anilines is 1. The number of nitrogens with zero attached hydrogens (tertiary/aromatic N) is 4. The Morgan fingerprint density at radius 3 is 2.63 bits per heavy atom. The Kier molecular flexibility index (Phi) is 6.11. The van der Waals surface area contributed by atoms with E-state index >= 15 is 0 Å². The highest BCUT2D eigenvalue weighted by Crippen LogP contribution is 2.44. The zero-order valence-electron chi connectivity index (χ0n) is 19.8. The topological polar surface area (TPSA) is 87.5 Å². The molecule has 180 valence electrons. The van der Waals surface area contributed by atoms with Crippen LogP contribution in [0.25, 0.3) is 0 Å². The third kappa shape index (κ3) is 4.32. The molecule has 3 heterocycles. The van der Waals surface area contributed by atoms with E-state index in [1.165, 1.54) is 0 Å². The van der Waals surface area contributed by atoms with Crippen LogP contribution in [0.3, 0.4) is 0 Å². The number of rotatable bonds is 8. The van der Waals surface area contributed by atoms with E-state index in [1.54, 1.807) is 22.1 Å². The number of para-hydroxylation sites is 1. The van der Waals surface area contributed by atoms with Gasteiger partial charge in [-0.15, -0.1) is 0 Å². The summed E-state index contributed by atoms with van der Waals surface area (Å²) in [6.07, 6.45) is 5.48. The standard InChI is InChI=1S/C27H29N5O3/c1-27-14-13-25(34)32(27)23-11-5-4-10-22(23)26(35)31(27)17-6-12-24(33)28-18-20-8-2-3-9-21(20)19-30-16-7-15-29-30/h2-5,7-11,15-16H,6,12-14,17-19H2,1H3,(H,28,33). The summed E-state index contributed by atoms with van der Waals surface area (Å²) in [7, 11) is 0. The molecule has 0 bridgehead atoms. The summed E-state index contributed by atoms with van der Waals surface area (Å²) in [6, 6.07) is 17.2. The van der Waals surface area contributed by atoms with Crippen molar-refractivity contribution in [3.05, 3.63) is 83.7 Å². The molecule has 1 saturated heterocycles.